The van der Waals surface area contributed by atoms with E-state index in [0.717, 1.165) is 17.1 Å². The van der Waals surface area contributed by atoms with Gasteiger partial charge in [0.05, 0.1) is 0 Å². The average molecular weight is 264 g/mol. The average Bonchev–Trinajstić information content (AvgIpc) is 2.26. The predicted octanol–water partition coefficient (Wildman–Crippen LogP) is 0.368. The Morgan fingerprint density at radius 1 is 1.53 bits per heavy atom. The molecule has 0 amide bonds. The number of rotatable bonds is 4. The minimum Gasteiger partial charge on any atom is -0.480 e. The molecule has 6 nitrogen and oxygen atoms in total. The smallest absolute Gasteiger partial charge is 0.321 e. The summed E-state index contributed by atoms with van der Waals surface area (Å²) >= 11 is 0. The zero-order valence-corrected chi connectivity index (χ0v) is 11.3. The lowest BCUT2D eigenvalue weighted by Gasteiger charge is -2.34. The molecule has 1 heterocycles. The van der Waals surface area contributed by atoms with Crippen LogP contribution in [0.5, 0.6) is 0 Å². The molecular formula is C10H20N2O4S. The first-order valence-corrected chi connectivity index (χ1v) is 7.12. The van der Waals surface area contributed by atoms with E-state index in [-0.39, 0.29) is 0 Å². The molecule has 1 saturated heterocycles. The molecule has 0 aromatic carbocycles. The Balaban J connectivity index is 2.83. The standard InChI is InChI=1S/C10H20N2O4S/c1-8-5-4-6-12(7-8)17(15,16)11(3)9(2)10(13)14/h8-9H,4-7H2,1-3H3,(H,13,14). The van der Waals surface area contributed by atoms with Gasteiger partial charge in [0.25, 0.3) is 10.2 Å². The number of likely N-dealkylation sites (N-methyl/N-ethyl adjacent to an activating group) is 1. The van der Waals surface area contributed by atoms with Crippen molar-refractivity contribution in [3.63, 3.8) is 0 Å². The molecule has 100 valence electrons. The lowest BCUT2D eigenvalue weighted by molar-refractivity contribution is -0.140. The van der Waals surface area contributed by atoms with Crippen LogP contribution in [0.25, 0.3) is 0 Å². The van der Waals surface area contributed by atoms with Crippen LogP contribution in [-0.4, -0.2) is 54.3 Å². The van der Waals surface area contributed by atoms with Gasteiger partial charge in [-0.3, -0.25) is 4.79 Å². The third kappa shape index (κ3) is 3.17. The molecule has 0 bridgehead atoms. The third-order valence-corrected chi connectivity index (χ3v) is 5.24. The van der Waals surface area contributed by atoms with Crippen LogP contribution < -0.4 is 0 Å². The Labute approximate surface area is 102 Å². The van der Waals surface area contributed by atoms with Gasteiger partial charge in [0.15, 0.2) is 0 Å². The number of piperidine rings is 1. The molecule has 1 fully saturated rings. The second kappa shape index (κ2) is 5.32. The highest BCUT2D eigenvalue weighted by Crippen LogP contribution is 2.20. The van der Waals surface area contributed by atoms with E-state index < -0.39 is 22.2 Å². The van der Waals surface area contributed by atoms with Gasteiger partial charge in [0.2, 0.25) is 0 Å². The van der Waals surface area contributed by atoms with Crippen LogP contribution >= 0.6 is 0 Å². The van der Waals surface area contributed by atoms with Crippen LogP contribution in [0, 0.1) is 5.92 Å². The molecule has 0 spiro atoms. The Morgan fingerprint density at radius 3 is 2.59 bits per heavy atom. The molecular weight excluding hydrogens is 244 g/mol. The summed E-state index contributed by atoms with van der Waals surface area (Å²) in [5.41, 5.74) is 0. The fourth-order valence-corrected chi connectivity index (χ4v) is 3.55. The number of carboxylic acid groups (broad SMARTS) is 1. The summed E-state index contributed by atoms with van der Waals surface area (Å²) in [6.07, 6.45) is 1.85. The first kappa shape index (κ1) is 14.4. The molecule has 0 saturated carbocycles. The fourth-order valence-electron chi connectivity index (χ4n) is 1.89. The minimum absolute atomic E-state index is 0.326. The number of hydrogen-bond donors (Lipinski definition) is 1. The molecule has 1 aliphatic rings. The maximum absolute atomic E-state index is 12.2. The molecule has 0 aliphatic carbocycles. The monoisotopic (exact) mass is 264 g/mol. The molecule has 1 aliphatic heterocycles. The van der Waals surface area contributed by atoms with Gasteiger partial charge in [0, 0.05) is 20.1 Å². The summed E-state index contributed by atoms with van der Waals surface area (Å²) in [4.78, 5) is 10.8. The van der Waals surface area contributed by atoms with Crippen LogP contribution in [0.4, 0.5) is 0 Å². The molecule has 17 heavy (non-hydrogen) atoms. The van der Waals surface area contributed by atoms with Gasteiger partial charge in [-0.2, -0.15) is 17.0 Å². The quantitative estimate of drug-likeness (QED) is 0.795. The van der Waals surface area contributed by atoms with E-state index in [4.69, 9.17) is 5.11 Å². The Morgan fingerprint density at radius 2 is 2.12 bits per heavy atom. The number of hydrogen-bond acceptors (Lipinski definition) is 3. The van der Waals surface area contributed by atoms with Crippen LogP contribution in [0.15, 0.2) is 0 Å². The lowest BCUT2D eigenvalue weighted by atomic mass is 10.0. The third-order valence-electron chi connectivity index (χ3n) is 3.21. The topological polar surface area (TPSA) is 77.9 Å². The summed E-state index contributed by atoms with van der Waals surface area (Å²) in [5.74, 6) is -0.812. The second-order valence-corrected chi connectivity index (χ2v) is 6.63. The number of carboxylic acids is 1. The zero-order chi connectivity index (χ0) is 13.2. The molecule has 0 radical (unpaired) electrons. The summed E-state index contributed by atoms with van der Waals surface area (Å²) < 4.78 is 26.6. The van der Waals surface area contributed by atoms with Crippen molar-refractivity contribution in [3.05, 3.63) is 0 Å². The highest BCUT2D eigenvalue weighted by atomic mass is 32.2. The summed E-state index contributed by atoms with van der Waals surface area (Å²) in [5, 5.41) is 8.84. The van der Waals surface area contributed by atoms with E-state index in [1.165, 1.54) is 18.3 Å². The molecule has 1 rings (SSSR count). The summed E-state index contributed by atoms with van der Waals surface area (Å²) in [6, 6.07) is -1.04. The SMILES string of the molecule is CC1CCCN(S(=O)(=O)N(C)C(C)C(=O)O)C1. The van der Waals surface area contributed by atoms with E-state index in [2.05, 4.69) is 0 Å². The van der Waals surface area contributed by atoms with Crippen LogP contribution in [0.1, 0.15) is 26.7 Å². The van der Waals surface area contributed by atoms with Gasteiger partial charge in [-0.25, -0.2) is 0 Å². The summed E-state index contributed by atoms with van der Waals surface area (Å²) in [7, 11) is -2.34. The van der Waals surface area contributed by atoms with Crippen LogP contribution in [-0.2, 0) is 15.0 Å². The van der Waals surface area contributed by atoms with Gasteiger partial charge in [-0.15, -0.1) is 0 Å². The predicted molar refractivity (Wildman–Crippen MR) is 63.8 cm³/mol. The van der Waals surface area contributed by atoms with Crippen molar-refractivity contribution in [2.24, 2.45) is 5.92 Å². The van der Waals surface area contributed by atoms with Gasteiger partial charge >= 0.3 is 5.97 Å². The Kier molecular flexibility index (Phi) is 4.51. The van der Waals surface area contributed by atoms with Crippen LogP contribution in [0.2, 0.25) is 0 Å². The fraction of sp³-hybridized carbons (Fsp3) is 0.900. The Bertz CT molecular complexity index is 382. The van der Waals surface area contributed by atoms with Crippen molar-refractivity contribution in [2.45, 2.75) is 32.7 Å². The maximum Gasteiger partial charge on any atom is 0.321 e. The van der Waals surface area contributed by atoms with Crippen molar-refractivity contribution in [3.8, 4) is 0 Å². The number of aliphatic carboxylic acids is 1. The van der Waals surface area contributed by atoms with E-state index in [9.17, 15) is 13.2 Å². The minimum atomic E-state index is -3.65. The van der Waals surface area contributed by atoms with E-state index in [0.29, 0.717) is 19.0 Å². The van der Waals surface area contributed by atoms with Crippen LogP contribution in [0.3, 0.4) is 0 Å². The van der Waals surface area contributed by atoms with Gasteiger partial charge in [-0.1, -0.05) is 6.92 Å². The second-order valence-electron chi connectivity index (χ2n) is 4.64. The van der Waals surface area contributed by atoms with Crippen molar-refractivity contribution >= 4 is 16.2 Å². The largest absolute Gasteiger partial charge is 0.480 e. The highest BCUT2D eigenvalue weighted by molar-refractivity contribution is 7.86. The van der Waals surface area contributed by atoms with Crippen molar-refractivity contribution < 1.29 is 18.3 Å². The lowest BCUT2D eigenvalue weighted by Crippen LogP contribution is -2.50. The Hall–Kier alpha value is -0.660. The molecule has 7 heteroatoms. The highest BCUT2D eigenvalue weighted by Gasteiger charge is 2.34. The van der Waals surface area contributed by atoms with Crippen molar-refractivity contribution in [1.82, 2.24) is 8.61 Å². The van der Waals surface area contributed by atoms with Crippen molar-refractivity contribution in [1.29, 1.82) is 0 Å². The maximum atomic E-state index is 12.2. The van der Waals surface area contributed by atoms with Gasteiger partial charge < -0.3 is 5.11 Å². The normalized spacial score (nSPS) is 24.8. The molecule has 1 N–H and O–H groups in total. The molecule has 2 atom stereocenters. The van der Waals surface area contributed by atoms with E-state index >= 15 is 0 Å². The van der Waals surface area contributed by atoms with E-state index in [1.54, 1.807) is 0 Å². The van der Waals surface area contributed by atoms with Crippen molar-refractivity contribution in [2.75, 3.05) is 20.1 Å². The first-order chi connectivity index (χ1) is 7.76. The molecule has 0 aromatic rings. The molecule has 0 aromatic heterocycles. The van der Waals surface area contributed by atoms with Gasteiger partial charge in [0.1, 0.15) is 6.04 Å². The number of carbonyl (C=O) groups is 1. The van der Waals surface area contributed by atoms with Gasteiger partial charge in [-0.05, 0) is 25.7 Å². The summed E-state index contributed by atoms with van der Waals surface area (Å²) in [6.45, 7) is 4.32. The first-order valence-electron chi connectivity index (χ1n) is 5.72. The van der Waals surface area contributed by atoms with E-state index in [1.807, 2.05) is 6.92 Å². The number of nitrogens with zero attached hydrogens (tertiary/aromatic N) is 2. The zero-order valence-electron chi connectivity index (χ0n) is 10.5. The molecule has 2 unspecified atom stereocenters.